The molecule has 162 valence electrons. The number of fused-ring (bicyclic) bond motifs is 3. The van der Waals surface area contributed by atoms with Gasteiger partial charge in [-0.15, -0.1) is 6.58 Å². The second-order valence-electron chi connectivity index (χ2n) is 8.44. The molecule has 0 saturated heterocycles. The average Bonchev–Trinajstić information content (AvgIpc) is 3.22. The standard InChI is InChI=1S/C22H22FN3O4S/c1-3-8-22(9-10-22)31(29,30)26-20-17-5-4-11-24(17)19(27)13-18(20)25(21(26)28)16-7-6-14(2)12-15(16)23/h3,6-7,12-13H,1,4-5,8-11H2,2H3. The third-order valence-electron chi connectivity index (χ3n) is 6.43. The number of hydrogen-bond donors (Lipinski definition) is 0. The monoisotopic (exact) mass is 443 g/mol. The van der Waals surface area contributed by atoms with Crippen LogP contribution < -0.4 is 11.2 Å². The normalized spacial score (nSPS) is 17.1. The number of aromatic nitrogens is 3. The Bertz CT molecular complexity index is 1490. The largest absolute Gasteiger partial charge is 0.347 e. The van der Waals surface area contributed by atoms with E-state index >= 15 is 0 Å². The molecule has 0 amide bonds. The molecule has 0 spiro atoms. The van der Waals surface area contributed by atoms with Gasteiger partial charge in [0.15, 0.2) is 0 Å². The number of halogens is 1. The van der Waals surface area contributed by atoms with Crippen molar-refractivity contribution in [3.8, 4) is 5.69 Å². The first-order valence-corrected chi connectivity index (χ1v) is 11.7. The zero-order chi connectivity index (χ0) is 22.1. The molecule has 7 nitrogen and oxygen atoms in total. The fourth-order valence-electron chi connectivity index (χ4n) is 4.67. The Balaban J connectivity index is 1.95. The number of nitrogens with zero attached hydrogens (tertiary/aromatic N) is 3. The average molecular weight is 444 g/mol. The highest BCUT2D eigenvalue weighted by Crippen LogP contribution is 2.48. The van der Waals surface area contributed by atoms with Crippen molar-refractivity contribution in [1.82, 2.24) is 13.1 Å². The van der Waals surface area contributed by atoms with E-state index in [1.807, 2.05) is 0 Å². The first kappa shape index (κ1) is 20.0. The van der Waals surface area contributed by atoms with Crippen LogP contribution in [0.2, 0.25) is 0 Å². The van der Waals surface area contributed by atoms with Gasteiger partial charge in [0, 0.05) is 18.3 Å². The smallest absolute Gasteiger partial charge is 0.310 e. The second kappa shape index (κ2) is 6.53. The summed E-state index contributed by atoms with van der Waals surface area (Å²) in [6, 6.07) is 5.59. The van der Waals surface area contributed by atoms with E-state index in [4.69, 9.17) is 0 Å². The lowest BCUT2D eigenvalue weighted by Crippen LogP contribution is -2.37. The molecule has 0 bridgehead atoms. The molecule has 31 heavy (non-hydrogen) atoms. The van der Waals surface area contributed by atoms with Crippen LogP contribution in [0.3, 0.4) is 0 Å². The summed E-state index contributed by atoms with van der Waals surface area (Å²) in [6.45, 7) is 5.84. The highest BCUT2D eigenvalue weighted by Gasteiger charge is 2.55. The number of rotatable bonds is 5. The van der Waals surface area contributed by atoms with Gasteiger partial charge in [0.2, 0.25) is 10.0 Å². The summed E-state index contributed by atoms with van der Waals surface area (Å²) in [7, 11) is -4.12. The summed E-state index contributed by atoms with van der Waals surface area (Å²) in [4.78, 5) is 26.3. The van der Waals surface area contributed by atoms with Crippen LogP contribution in [0.1, 0.15) is 36.9 Å². The lowest BCUT2D eigenvalue weighted by molar-refractivity contribution is 0.565. The SMILES string of the molecule is C=CCC1(S(=O)(=O)n2c(=O)n(-c3ccc(C)cc3F)c3cc(=O)n4c(c32)CCC4)CC1. The molecule has 1 aliphatic carbocycles. The summed E-state index contributed by atoms with van der Waals surface area (Å²) in [5, 5.41) is 0. The zero-order valence-electron chi connectivity index (χ0n) is 17.1. The van der Waals surface area contributed by atoms with Gasteiger partial charge in [-0.2, -0.15) is 3.97 Å². The number of allylic oxidation sites excluding steroid dienone is 1. The van der Waals surface area contributed by atoms with Crippen LogP contribution in [0.25, 0.3) is 16.7 Å². The van der Waals surface area contributed by atoms with Crippen LogP contribution in [0.4, 0.5) is 4.39 Å². The first-order chi connectivity index (χ1) is 14.7. The molecule has 1 saturated carbocycles. The van der Waals surface area contributed by atoms with E-state index in [-0.39, 0.29) is 28.7 Å². The van der Waals surface area contributed by atoms with Crippen molar-refractivity contribution < 1.29 is 12.8 Å². The molecule has 1 aliphatic heterocycles. The molecule has 0 atom stereocenters. The van der Waals surface area contributed by atoms with Crippen molar-refractivity contribution in [2.24, 2.45) is 0 Å². The summed E-state index contributed by atoms with van der Waals surface area (Å²) < 4.78 is 44.6. The van der Waals surface area contributed by atoms with Gasteiger partial charge >= 0.3 is 5.69 Å². The molecular weight excluding hydrogens is 421 g/mol. The Morgan fingerprint density at radius 3 is 2.61 bits per heavy atom. The summed E-state index contributed by atoms with van der Waals surface area (Å²) >= 11 is 0. The van der Waals surface area contributed by atoms with Crippen LogP contribution in [0.15, 0.2) is 46.5 Å². The van der Waals surface area contributed by atoms with E-state index in [0.29, 0.717) is 43.5 Å². The zero-order valence-corrected chi connectivity index (χ0v) is 17.9. The van der Waals surface area contributed by atoms with Gasteiger partial charge in [0.25, 0.3) is 5.56 Å². The summed E-state index contributed by atoms with van der Waals surface area (Å²) in [5.74, 6) is -0.661. The summed E-state index contributed by atoms with van der Waals surface area (Å²) in [5.41, 5.74) is 0.168. The predicted octanol–water partition coefficient (Wildman–Crippen LogP) is 2.63. The van der Waals surface area contributed by atoms with Crippen molar-refractivity contribution in [3.05, 3.63) is 74.8 Å². The molecule has 0 N–H and O–H groups in total. The molecule has 3 aromatic rings. The van der Waals surface area contributed by atoms with Crippen molar-refractivity contribution in [2.45, 2.75) is 50.3 Å². The molecule has 2 aliphatic rings. The lowest BCUT2D eigenvalue weighted by Gasteiger charge is -2.16. The highest BCUT2D eigenvalue weighted by atomic mass is 32.2. The van der Waals surface area contributed by atoms with Gasteiger partial charge in [-0.3, -0.25) is 9.36 Å². The molecule has 0 unspecified atom stereocenters. The minimum Gasteiger partial charge on any atom is -0.310 e. The molecule has 9 heteroatoms. The number of imidazole rings is 1. The number of aryl methyl sites for hydroxylation is 2. The number of pyridine rings is 1. The van der Waals surface area contributed by atoms with Crippen LogP contribution in [0, 0.1) is 12.7 Å². The fourth-order valence-corrected chi connectivity index (χ4v) is 6.73. The Labute approximate surface area is 178 Å². The highest BCUT2D eigenvalue weighted by molar-refractivity contribution is 7.91. The Hall–Kier alpha value is -2.94. The quantitative estimate of drug-likeness (QED) is 0.568. The van der Waals surface area contributed by atoms with E-state index in [2.05, 4.69) is 6.58 Å². The molecule has 1 fully saturated rings. The van der Waals surface area contributed by atoms with E-state index < -0.39 is 26.3 Å². The molecule has 3 heterocycles. The van der Waals surface area contributed by atoms with E-state index in [0.717, 1.165) is 8.54 Å². The third-order valence-corrected chi connectivity index (χ3v) is 8.92. The molecule has 2 aromatic heterocycles. The van der Waals surface area contributed by atoms with Crippen molar-refractivity contribution >= 4 is 21.1 Å². The number of benzene rings is 1. The Morgan fingerprint density at radius 1 is 1.23 bits per heavy atom. The third kappa shape index (κ3) is 2.65. The molecule has 0 radical (unpaired) electrons. The van der Waals surface area contributed by atoms with Gasteiger partial charge < -0.3 is 4.57 Å². The fraction of sp³-hybridized carbons (Fsp3) is 0.364. The van der Waals surface area contributed by atoms with Crippen LogP contribution in [-0.4, -0.2) is 26.3 Å². The first-order valence-electron chi connectivity index (χ1n) is 10.2. The van der Waals surface area contributed by atoms with Crippen LogP contribution in [0.5, 0.6) is 0 Å². The lowest BCUT2D eigenvalue weighted by atomic mass is 10.2. The van der Waals surface area contributed by atoms with Crippen molar-refractivity contribution in [2.75, 3.05) is 0 Å². The topological polar surface area (TPSA) is 83.1 Å². The maximum absolute atomic E-state index is 14.9. The van der Waals surface area contributed by atoms with E-state index in [1.165, 1.54) is 22.8 Å². The van der Waals surface area contributed by atoms with Crippen LogP contribution >= 0.6 is 0 Å². The maximum Gasteiger partial charge on any atom is 0.347 e. The molecule has 1 aromatic carbocycles. The minimum absolute atomic E-state index is 0.0783. The van der Waals surface area contributed by atoms with Gasteiger partial charge in [0.05, 0.1) is 16.0 Å². The van der Waals surface area contributed by atoms with E-state index in [9.17, 15) is 22.4 Å². The van der Waals surface area contributed by atoms with Gasteiger partial charge in [-0.1, -0.05) is 12.1 Å². The van der Waals surface area contributed by atoms with Gasteiger partial charge in [-0.25, -0.2) is 17.6 Å². The molecule has 5 rings (SSSR count). The Morgan fingerprint density at radius 2 is 1.97 bits per heavy atom. The van der Waals surface area contributed by atoms with Gasteiger partial charge in [-0.05, 0) is 56.7 Å². The summed E-state index contributed by atoms with van der Waals surface area (Å²) in [6.07, 6.45) is 3.76. The number of hydrogen-bond acceptors (Lipinski definition) is 4. The van der Waals surface area contributed by atoms with Crippen LogP contribution in [-0.2, 0) is 23.0 Å². The van der Waals surface area contributed by atoms with Crippen molar-refractivity contribution in [3.63, 3.8) is 0 Å². The maximum atomic E-state index is 14.9. The predicted molar refractivity (Wildman–Crippen MR) is 116 cm³/mol. The Kier molecular flexibility index (Phi) is 4.21. The van der Waals surface area contributed by atoms with Crippen molar-refractivity contribution in [1.29, 1.82) is 0 Å². The second-order valence-corrected chi connectivity index (χ2v) is 10.6. The van der Waals surface area contributed by atoms with Gasteiger partial charge in [0.1, 0.15) is 11.3 Å². The molecular formula is C22H22FN3O4S. The van der Waals surface area contributed by atoms with E-state index in [1.54, 1.807) is 19.1 Å². The minimum atomic E-state index is -4.12.